The summed E-state index contributed by atoms with van der Waals surface area (Å²) in [6.07, 6.45) is 0. The number of benzene rings is 3. The van der Waals surface area contributed by atoms with Gasteiger partial charge in [0.1, 0.15) is 5.75 Å². The number of methoxy groups -OCH3 is 1. The predicted molar refractivity (Wildman–Crippen MR) is 136 cm³/mol. The molecule has 0 radical (unpaired) electrons. The van der Waals surface area contributed by atoms with Crippen LogP contribution in [-0.2, 0) is 6.54 Å². The topological polar surface area (TPSA) is 63.4 Å². The van der Waals surface area contributed by atoms with Gasteiger partial charge in [-0.2, -0.15) is 4.98 Å². The highest BCUT2D eigenvalue weighted by Crippen LogP contribution is 2.38. The van der Waals surface area contributed by atoms with E-state index in [9.17, 15) is 0 Å². The fraction of sp³-hybridized carbons (Fsp3) is 0.148. The smallest absolute Gasteiger partial charge is 0.258 e. The molecule has 0 spiro atoms. The summed E-state index contributed by atoms with van der Waals surface area (Å²) in [7, 11) is 1.66. The number of ether oxygens (including phenoxy) is 1. The minimum Gasteiger partial charge on any atom is -0.497 e. The fourth-order valence-electron chi connectivity index (χ4n) is 4.10. The van der Waals surface area contributed by atoms with Crippen LogP contribution in [0.25, 0.3) is 17.0 Å². The van der Waals surface area contributed by atoms with Gasteiger partial charge in [0.2, 0.25) is 5.82 Å². The second-order valence-corrected chi connectivity index (χ2v) is 8.40. The molecule has 0 fully saturated rings. The SMILES string of the molecule is COc1ccc(C2NC(=S)N(Cc3ccccc3)C(C)=C2c2nc(-c3ccccc3)no2)cc1. The zero-order valence-corrected chi connectivity index (χ0v) is 19.8. The Kier molecular flexibility index (Phi) is 6.10. The van der Waals surface area contributed by atoms with Gasteiger partial charge in [-0.25, -0.2) is 0 Å². The molecule has 0 amide bonds. The molecule has 7 heteroatoms. The normalized spacial score (nSPS) is 15.9. The zero-order valence-electron chi connectivity index (χ0n) is 18.9. The van der Waals surface area contributed by atoms with Crippen molar-refractivity contribution in [3.63, 3.8) is 0 Å². The first kappa shape index (κ1) is 21.9. The Hall–Kier alpha value is -3.97. The van der Waals surface area contributed by atoms with E-state index in [1.165, 1.54) is 0 Å². The molecule has 0 saturated heterocycles. The van der Waals surface area contributed by atoms with Gasteiger partial charge >= 0.3 is 0 Å². The number of nitrogens with one attached hydrogen (secondary N) is 1. The monoisotopic (exact) mass is 468 g/mol. The van der Waals surface area contributed by atoms with E-state index in [1.54, 1.807) is 7.11 Å². The third-order valence-corrected chi connectivity index (χ3v) is 6.26. The minimum absolute atomic E-state index is 0.241. The van der Waals surface area contributed by atoms with Crippen LogP contribution in [0.1, 0.15) is 30.0 Å². The Bertz CT molecular complexity index is 1320. The van der Waals surface area contributed by atoms with E-state index >= 15 is 0 Å². The van der Waals surface area contributed by atoms with Crippen LogP contribution in [-0.4, -0.2) is 27.3 Å². The molecular weight excluding hydrogens is 444 g/mol. The van der Waals surface area contributed by atoms with Gasteiger partial charge in [0.05, 0.1) is 18.7 Å². The van der Waals surface area contributed by atoms with Gasteiger partial charge in [-0.1, -0.05) is 78.0 Å². The van der Waals surface area contributed by atoms with E-state index in [0.29, 0.717) is 23.4 Å². The Morgan fingerprint density at radius 1 is 0.971 bits per heavy atom. The van der Waals surface area contributed by atoms with Crippen LogP contribution in [0.5, 0.6) is 5.75 Å². The lowest BCUT2D eigenvalue weighted by atomic mass is 9.94. The molecule has 1 N–H and O–H groups in total. The first-order valence-electron chi connectivity index (χ1n) is 11.0. The van der Waals surface area contributed by atoms with Gasteiger partial charge < -0.3 is 19.5 Å². The number of thiocarbonyl (C=S) groups is 1. The number of nitrogens with zero attached hydrogens (tertiary/aromatic N) is 3. The van der Waals surface area contributed by atoms with Crippen LogP contribution < -0.4 is 10.1 Å². The average Bonchev–Trinajstić information content (AvgIpc) is 3.37. The molecule has 170 valence electrons. The van der Waals surface area contributed by atoms with Crippen molar-refractivity contribution >= 4 is 22.9 Å². The number of allylic oxidation sites excluding steroid dienone is 1. The van der Waals surface area contributed by atoms with E-state index < -0.39 is 0 Å². The van der Waals surface area contributed by atoms with E-state index in [-0.39, 0.29) is 6.04 Å². The summed E-state index contributed by atoms with van der Waals surface area (Å²) < 4.78 is 11.1. The summed E-state index contributed by atoms with van der Waals surface area (Å²) >= 11 is 5.80. The maximum atomic E-state index is 5.81. The van der Waals surface area contributed by atoms with Crippen LogP contribution >= 0.6 is 12.2 Å². The Morgan fingerprint density at radius 2 is 1.65 bits per heavy atom. The summed E-state index contributed by atoms with van der Waals surface area (Å²) in [6.45, 7) is 2.69. The van der Waals surface area contributed by atoms with Crippen molar-refractivity contribution in [2.45, 2.75) is 19.5 Å². The van der Waals surface area contributed by atoms with Crippen molar-refractivity contribution in [1.82, 2.24) is 20.4 Å². The highest BCUT2D eigenvalue weighted by atomic mass is 32.1. The van der Waals surface area contributed by atoms with E-state index in [4.69, 9.17) is 26.5 Å². The Morgan fingerprint density at radius 3 is 2.32 bits per heavy atom. The van der Waals surface area contributed by atoms with Crippen LogP contribution in [0.4, 0.5) is 0 Å². The minimum atomic E-state index is -0.241. The van der Waals surface area contributed by atoms with Gasteiger partial charge in [-0.05, 0) is 42.4 Å². The molecule has 1 unspecified atom stereocenters. The van der Waals surface area contributed by atoms with E-state index in [0.717, 1.165) is 33.7 Å². The Balaban J connectivity index is 1.59. The van der Waals surface area contributed by atoms with Crippen LogP contribution in [0.15, 0.2) is 95.1 Å². The molecule has 0 bridgehead atoms. The van der Waals surface area contributed by atoms with Gasteiger partial charge in [-0.3, -0.25) is 0 Å². The van der Waals surface area contributed by atoms with E-state index in [1.807, 2.05) is 79.7 Å². The molecule has 2 heterocycles. The second kappa shape index (κ2) is 9.49. The Labute approximate surface area is 203 Å². The second-order valence-electron chi connectivity index (χ2n) is 8.02. The summed E-state index contributed by atoms with van der Waals surface area (Å²) in [5, 5.41) is 8.41. The van der Waals surface area contributed by atoms with Crippen LogP contribution in [0.2, 0.25) is 0 Å². The molecule has 0 aliphatic carbocycles. The van der Waals surface area contributed by atoms with Crippen molar-refractivity contribution < 1.29 is 9.26 Å². The first-order chi connectivity index (χ1) is 16.6. The standard InChI is InChI=1S/C27H24N4O2S/c1-18-23(26-29-25(30-33-26)21-11-7-4-8-12-21)24(20-13-15-22(32-2)16-14-20)28-27(34)31(18)17-19-9-5-3-6-10-19/h3-16,24H,17H2,1-2H3,(H,28,34). The average molecular weight is 469 g/mol. The molecule has 0 saturated carbocycles. The third-order valence-electron chi connectivity index (χ3n) is 5.92. The van der Waals surface area contributed by atoms with Crippen LogP contribution in [0, 0.1) is 0 Å². The molecule has 5 rings (SSSR count). The van der Waals surface area contributed by atoms with Crippen molar-refractivity contribution in [3.8, 4) is 17.1 Å². The van der Waals surface area contributed by atoms with Gasteiger partial charge in [0.25, 0.3) is 5.89 Å². The molecule has 1 aromatic heterocycles. The third kappa shape index (κ3) is 4.30. The molecule has 3 aromatic carbocycles. The lowest BCUT2D eigenvalue weighted by Crippen LogP contribution is -2.45. The molecule has 1 aliphatic heterocycles. The molecule has 1 atom stereocenters. The van der Waals surface area contributed by atoms with E-state index in [2.05, 4.69) is 27.5 Å². The highest BCUT2D eigenvalue weighted by Gasteiger charge is 2.34. The summed E-state index contributed by atoms with van der Waals surface area (Å²) in [6, 6.07) is 27.7. The lowest BCUT2D eigenvalue weighted by molar-refractivity contribution is 0.396. The maximum Gasteiger partial charge on any atom is 0.258 e. The zero-order chi connectivity index (χ0) is 23.5. The largest absolute Gasteiger partial charge is 0.497 e. The van der Waals surface area contributed by atoms with Crippen molar-refractivity contribution in [3.05, 3.63) is 108 Å². The van der Waals surface area contributed by atoms with Crippen molar-refractivity contribution in [2.75, 3.05) is 7.11 Å². The van der Waals surface area contributed by atoms with Gasteiger partial charge in [0.15, 0.2) is 5.11 Å². The van der Waals surface area contributed by atoms with Gasteiger partial charge in [-0.15, -0.1) is 0 Å². The summed E-state index contributed by atoms with van der Waals surface area (Å²) in [5.41, 5.74) is 4.94. The molecule has 34 heavy (non-hydrogen) atoms. The first-order valence-corrected chi connectivity index (χ1v) is 11.4. The number of hydrogen-bond donors (Lipinski definition) is 1. The van der Waals surface area contributed by atoms with Crippen molar-refractivity contribution in [2.24, 2.45) is 0 Å². The highest BCUT2D eigenvalue weighted by molar-refractivity contribution is 7.80. The number of aromatic nitrogens is 2. The maximum absolute atomic E-state index is 5.81. The number of hydrogen-bond acceptors (Lipinski definition) is 5. The van der Waals surface area contributed by atoms with Crippen molar-refractivity contribution in [1.29, 1.82) is 0 Å². The van der Waals surface area contributed by atoms with Crippen LogP contribution in [0.3, 0.4) is 0 Å². The summed E-state index contributed by atoms with van der Waals surface area (Å²) in [5.74, 6) is 1.80. The predicted octanol–water partition coefficient (Wildman–Crippen LogP) is 5.61. The number of rotatable bonds is 6. The molecule has 1 aliphatic rings. The quantitative estimate of drug-likeness (QED) is 0.369. The summed E-state index contributed by atoms with van der Waals surface area (Å²) in [4.78, 5) is 6.84. The fourth-order valence-corrected chi connectivity index (χ4v) is 4.42. The van der Waals surface area contributed by atoms with Gasteiger partial charge in [0, 0.05) is 17.8 Å². The molecule has 6 nitrogen and oxygen atoms in total. The molecule has 4 aromatic rings. The lowest BCUT2D eigenvalue weighted by Gasteiger charge is -2.37. The molecular formula is C27H24N4O2S.